The molecule has 1 fully saturated rings. The Morgan fingerprint density at radius 3 is 2.52 bits per heavy atom. The van der Waals surface area contributed by atoms with Gasteiger partial charge in [-0.2, -0.15) is 0 Å². The van der Waals surface area contributed by atoms with Crippen LogP contribution < -0.4 is 4.90 Å². The van der Waals surface area contributed by atoms with Crippen LogP contribution in [0.1, 0.15) is 5.69 Å². The van der Waals surface area contributed by atoms with Crippen molar-refractivity contribution in [1.82, 2.24) is 19.3 Å². The molecule has 1 aliphatic rings. The summed E-state index contributed by atoms with van der Waals surface area (Å²) in [6, 6.07) is 16.6. The van der Waals surface area contributed by atoms with E-state index in [2.05, 4.69) is 73.2 Å². The van der Waals surface area contributed by atoms with Gasteiger partial charge in [-0.05, 0) is 12.1 Å². The molecule has 5 rings (SSSR count). The fraction of sp³-hybridized carbons (Fsp3) is 0.238. The first-order chi connectivity index (χ1) is 13.4. The molecule has 0 amide bonds. The molecule has 6 heteroatoms. The maximum atomic E-state index is 4.91. The number of thiazole rings is 1. The molecule has 4 heterocycles. The Kier molecular flexibility index (Phi) is 4.35. The van der Waals surface area contributed by atoms with Gasteiger partial charge in [-0.1, -0.05) is 36.4 Å². The Balaban J connectivity index is 1.37. The second-order valence-corrected chi connectivity index (χ2v) is 7.65. The lowest BCUT2D eigenvalue weighted by atomic mass is 10.1. The monoisotopic (exact) mass is 375 g/mol. The van der Waals surface area contributed by atoms with Crippen LogP contribution in [-0.2, 0) is 6.54 Å². The van der Waals surface area contributed by atoms with Crippen molar-refractivity contribution in [2.75, 3.05) is 31.1 Å². The average molecular weight is 376 g/mol. The SMILES string of the molecule is c1ccc(-c2nc3sccn3c2CN2CCN(c3ccccn3)CC2)cc1. The number of hydrogen-bond acceptors (Lipinski definition) is 5. The summed E-state index contributed by atoms with van der Waals surface area (Å²) in [5.74, 6) is 1.08. The van der Waals surface area contributed by atoms with Gasteiger partial charge in [-0.3, -0.25) is 9.30 Å². The van der Waals surface area contributed by atoms with Crippen molar-refractivity contribution < 1.29 is 0 Å². The van der Waals surface area contributed by atoms with Gasteiger partial charge in [0, 0.05) is 56.1 Å². The zero-order valence-electron chi connectivity index (χ0n) is 15.0. The Morgan fingerprint density at radius 2 is 1.74 bits per heavy atom. The molecule has 1 aliphatic heterocycles. The molecule has 0 N–H and O–H groups in total. The third-order valence-corrected chi connectivity index (χ3v) is 5.88. The summed E-state index contributed by atoms with van der Waals surface area (Å²) >= 11 is 1.69. The first-order valence-electron chi connectivity index (χ1n) is 9.27. The molecular formula is C21H21N5S. The van der Waals surface area contributed by atoms with Gasteiger partial charge in [0.05, 0.1) is 11.4 Å². The first kappa shape index (κ1) is 16.5. The van der Waals surface area contributed by atoms with Crippen LogP contribution in [-0.4, -0.2) is 45.4 Å². The molecule has 0 unspecified atom stereocenters. The van der Waals surface area contributed by atoms with Gasteiger partial charge in [-0.15, -0.1) is 11.3 Å². The van der Waals surface area contributed by atoms with Crippen molar-refractivity contribution in [3.8, 4) is 11.3 Å². The van der Waals surface area contributed by atoms with Crippen molar-refractivity contribution >= 4 is 22.1 Å². The molecule has 0 atom stereocenters. The second kappa shape index (κ2) is 7.13. The number of piperazine rings is 1. The van der Waals surface area contributed by atoms with Gasteiger partial charge in [-0.25, -0.2) is 9.97 Å². The number of imidazole rings is 1. The van der Waals surface area contributed by atoms with Crippen LogP contribution in [0.2, 0.25) is 0 Å². The lowest BCUT2D eigenvalue weighted by Crippen LogP contribution is -2.46. The highest BCUT2D eigenvalue weighted by Gasteiger charge is 2.22. The van der Waals surface area contributed by atoms with Gasteiger partial charge in [0.25, 0.3) is 0 Å². The van der Waals surface area contributed by atoms with E-state index in [1.54, 1.807) is 11.3 Å². The van der Waals surface area contributed by atoms with E-state index in [1.165, 1.54) is 11.3 Å². The zero-order chi connectivity index (χ0) is 18.1. The van der Waals surface area contributed by atoms with E-state index in [1.807, 2.05) is 12.3 Å². The molecule has 0 spiro atoms. The molecule has 0 aliphatic carbocycles. The van der Waals surface area contributed by atoms with Gasteiger partial charge in [0.1, 0.15) is 5.82 Å². The van der Waals surface area contributed by atoms with Crippen LogP contribution >= 0.6 is 11.3 Å². The third kappa shape index (κ3) is 3.22. The molecule has 1 aromatic carbocycles. The van der Waals surface area contributed by atoms with E-state index >= 15 is 0 Å². The van der Waals surface area contributed by atoms with E-state index in [0.29, 0.717) is 0 Å². The van der Waals surface area contributed by atoms with E-state index in [-0.39, 0.29) is 0 Å². The van der Waals surface area contributed by atoms with Gasteiger partial charge >= 0.3 is 0 Å². The lowest BCUT2D eigenvalue weighted by Gasteiger charge is -2.35. The Hall–Kier alpha value is -2.70. The summed E-state index contributed by atoms with van der Waals surface area (Å²) in [5.41, 5.74) is 3.58. The van der Waals surface area contributed by atoms with Crippen molar-refractivity contribution in [2.45, 2.75) is 6.54 Å². The summed E-state index contributed by atoms with van der Waals surface area (Å²) in [5, 5.41) is 2.11. The standard InChI is InChI=1S/C21H21N5S/c1-2-6-17(7-3-1)20-18(26-14-15-27-21(26)23-20)16-24-10-12-25(13-11-24)19-8-4-5-9-22-19/h1-9,14-15H,10-13,16H2. The predicted octanol–water partition coefficient (Wildman–Crippen LogP) is 3.78. The molecule has 1 saturated heterocycles. The van der Waals surface area contributed by atoms with Crippen molar-refractivity contribution in [3.05, 3.63) is 72.0 Å². The van der Waals surface area contributed by atoms with Crippen molar-refractivity contribution in [2.24, 2.45) is 0 Å². The molecular weight excluding hydrogens is 354 g/mol. The van der Waals surface area contributed by atoms with Crippen molar-refractivity contribution in [1.29, 1.82) is 0 Å². The molecule has 4 aromatic rings. The quantitative estimate of drug-likeness (QED) is 0.544. The highest BCUT2D eigenvalue weighted by atomic mass is 32.1. The maximum absolute atomic E-state index is 4.91. The third-order valence-electron chi connectivity index (χ3n) is 5.13. The number of fused-ring (bicyclic) bond motifs is 1. The Morgan fingerprint density at radius 1 is 0.926 bits per heavy atom. The molecule has 0 saturated carbocycles. The highest BCUT2D eigenvalue weighted by Crippen LogP contribution is 2.28. The van der Waals surface area contributed by atoms with E-state index in [9.17, 15) is 0 Å². The van der Waals surface area contributed by atoms with E-state index in [4.69, 9.17) is 4.98 Å². The number of aromatic nitrogens is 3. The summed E-state index contributed by atoms with van der Waals surface area (Å²) in [4.78, 5) is 15.3. The second-order valence-electron chi connectivity index (χ2n) is 6.78. The molecule has 136 valence electrons. The fourth-order valence-electron chi connectivity index (χ4n) is 3.70. The van der Waals surface area contributed by atoms with Gasteiger partial charge in [0.2, 0.25) is 0 Å². The number of benzene rings is 1. The first-order valence-corrected chi connectivity index (χ1v) is 10.1. The number of rotatable bonds is 4. The van der Waals surface area contributed by atoms with Crippen molar-refractivity contribution in [3.63, 3.8) is 0 Å². The lowest BCUT2D eigenvalue weighted by molar-refractivity contribution is 0.246. The zero-order valence-corrected chi connectivity index (χ0v) is 15.8. The molecule has 27 heavy (non-hydrogen) atoms. The summed E-state index contributed by atoms with van der Waals surface area (Å²) in [7, 11) is 0. The van der Waals surface area contributed by atoms with Crippen LogP contribution in [0.15, 0.2) is 66.3 Å². The minimum Gasteiger partial charge on any atom is -0.354 e. The van der Waals surface area contributed by atoms with Crippen LogP contribution in [0.3, 0.4) is 0 Å². The Bertz CT molecular complexity index is 1020. The Labute approximate surface area is 162 Å². The minimum absolute atomic E-state index is 0.915. The van der Waals surface area contributed by atoms with E-state index < -0.39 is 0 Å². The molecule has 5 nitrogen and oxygen atoms in total. The maximum Gasteiger partial charge on any atom is 0.194 e. The predicted molar refractivity (Wildman–Crippen MR) is 110 cm³/mol. The van der Waals surface area contributed by atoms with Crippen LogP contribution in [0.5, 0.6) is 0 Å². The largest absolute Gasteiger partial charge is 0.354 e. The molecule has 0 bridgehead atoms. The summed E-state index contributed by atoms with van der Waals surface area (Å²) in [6.07, 6.45) is 4.01. The fourth-order valence-corrected chi connectivity index (χ4v) is 4.43. The normalized spacial score (nSPS) is 15.5. The van der Waals surface area contributed by atoms with Crippen LogP contribution in [0.25, 0.3) is 16.2 Å². The minimum atomic E-state index is 0.915. The number of pyridine rings is 1. The molecule has 0 radical (unpaired) electrons. The average Bonchev–Trinajstić information content (AvgIpc) is 3.33. The van der Waals surface area contributed by atoms with E-state index in [0.717, 1.165) is 49.2 Å². The number of hydrogen-bond donors (Lipinski definition) is 0. The van der Waals surface area contributed by atoms with Gasteiger partial charge in [0.15, 0.2) is 4.96 Å². The number of anilines is 1. The van der Waals surface area contributed by atoms with Gasteiger partial charge < -0.3 is 4.90 Å². The summed E-state index contributed by atoms with van der Waals surface area (Å²) < 4.78 is 2.25. The highest BCUT2D eigenvalue weighted by molar-refractivity contribution is 7.15. The number of nitrogens with zero attached hydrogens (tertiary/aromatic N) is 5. The van der Waals surface area contributed by atoms with Crippen LogP contribution in [0, 0.1) is 0 Å². The molecule has 3 aromatic heterocycles. The summed E-state index contributed by atoms with van der Waals surface area (Å²) in [6.45, 7) is 4.98. The smallest absolute Gasteiger partial charge is 0.194 e. The van der Waals surface area contributed by atoms with Crippen LogP contribution in [0.4, 0.5) is 5.82 Å². The topological polar surface area (TPSA) is 36.7 Å².